The number of carbonyl (C=O) groups excluding carboxylic acids is 1. The molecule has 0 bridgehead atoms. The van der Waals surface area contributed by atoms with Crippen molar-refractivity contribution in [1.82, 2.24) is 20.0 Å². The van der Waals surface area contributed by atoms with E-state index in [2.05, 4.69) is 15.3 Å². The zero-order chi connectivity index (χ0) is 14.8. The topological polar surface area (TPSA) is 59.4 Å². The zero-order valence-electron chi connectivity index (χ0n) is 12.8. The van der Waals surface area contributed by atoms with Crippen molar-refractivity contribution < 1.29 is 9.53 Å². The van der Waals surface area contributed by atoms with Gasteiger partial charge >= 0.3 is 5.97 Å². The smallest absolute Gasteiger partial charge is 0.341 e. The van der Waals surface area contributed by atoms with Crippen molar-refractivity contribution >= 4 is 5.97 Å². The van der Waals surface area contributed by atoms with Gasteiger partial charge in [-0.25, -0.2) is 4.79 Å². The lowest BCUT2D eigenvalue weighted by atomic mass is 9.92. The molecule has 0 spiro atoms. The number of fused-ring (bicyclic) bond motifs is 1. The Labute approximate surface area is 125 Å². The summed E-state index contributed by atoms with van der Waals surface area (Å²) in [5.74, 6) is 0.483. The molecule has 1 aromatic heterocycles. The number of nitrogens with one attached hydrogen (secondary N) is 1. The molecule has 0 saturated carbocycles. The van der Waals surface area contributed by atoms with Gasteiger partial charge in [-0.2, -0.15) is 5.10 Å². The van der Waals surface area contributed by atoms with E-state index in [1.165, 1.54) is 12.8 Å². The first kappa shape index (κ1) is 14.5. The van der Waals surface area contributed by atoms with Gasteiger partial charge < -0.3 is 10.1 Å². The highest BCUT2D eigenvalue weighted by atomic mass is 16.5. The number of piperidine rings is 1. The third-order valence-corrected chi connectivity index (χ3v) is 4.70. The first-order valence-electron chi connectivity index (χ1n) is 7.83. The van der Waals surface area contributed by atoms with Gasteiger partial charge in [0.15, 0.2) is 0 Å². The number of hydrogen-bond donors (Lipinski definition) is 1. The van der Waals surface area contributed by atoms with E-state index in [4.69, 9.17) is 4.74 Å². The van der Waals surface area contributed by atoms with Crippen LogP contribution in [0.25, 0.3) is 0 Å². The predicted octanol–water partition coefficient (Wildman–Crippen LogP) is 0.781. The molecule has 2 aliphatic rings. The van der Waals surface area contributed by atoms with Gasteiger partial charge in [0.25, 0.3) is 0 Å². The molecule has 2 unspecified atom stereocenters. The lowest BCUT2D eigenvalue weighted by Crippen LogP contribution is -2.44. The Hall–Kier alpha value is -1.40. The van der Waals surface area contributed by atoms with E-state index < -0.39 is 0 Å². The molecule has 3 heterocycles. The summed E-state index contributed by atoms with van der Waals surface area (Å²) in [6.07, 6.45) is 4.17. The molecule has 1 aromatic rings. The van der Waals surface area contributed by atoms with Crippen molar-refractivity contribution in [1.29, 1.82) is 0 Å². The van der Waals surface area contributed by atoms with Crippen molar-refractivity contribution in [3.63, 3.8) is 0 Å². The third kappa shape index (κ3) is 2.82. The number of ether oxygens (including phenoxy) is 1. The minimum atomic E-state index is -0.265. The second-order valence-electron chi connectivity index (χ2n) is 5.95. The molecule has 3 rings (SSSR count). The first-order chi connectivity index (χ1) is 10.2. The molecule has 0 aliphatic carbocycles. The maximum absolute atomic E-state index is 12.0. The minimum Gasteiger partial charge on any atom is -0.462 e. The molecule has 21 heavy (non-hydrogen) atoms. The lowest BCUT2D eigenvalue weighted by molar-refractivity contribution is 0.0521. The molecule has 0 radical (unpaired) electrons. The lowest BCUT2D eigenvalue weighted by Gasteiger charge is -2.37. The summed E-state index contributed by atoms with van der Waals surface area (Å²) in [4.78, 5) is 14.5. The average Bonchev–Trinajstić information content (AvgIpc) is 3.07. The average molecular weight is 292 g/mol. The number of likely N-dealkylation sites (tertiary alicyclic amines) is 1. The van der Waals surface area contributed by atoms with Crippen LogP contribution in [0.3, 0.4) is 0 Å². The molecule has 2 fully saturated rings. The van der Waals surface area contributed by atoms with Crippen LogP contribution in [0.4, 0.5) is 0 Å². The van der Waals surface area contributed by atoms with Gasteiger partial charge in [-0.1, -0.05) is 0 Å². The number of aromatic nitrogens is 2. The van der Waals surface area contributed by atoms with Crippen LogP contribution in [0.15, 0.2) is 6.20 Å². The maximum atomic E-state index is 12.0. The van der Waals surface area contributed by atoms with Crippen LogP contribution in [0, 0.1) is 5.92 Å². The highest BCUT2D eigenvalue weighted by molar-refractivity contribution is 5.90. The summed E-state index contributed by atoms with van der Waals surface area (Å²) in [5.41, 5.74) is 1.56. The number of nitrogens with zero attached hydrogens (tertiary/aromatic N) is 3. The van der Waals surface area contributed by atoms with Crippen molar-refractivity contribution in [3.05, 3.63) is 17.5 Å². The van der Waals surface area contributed by atoms with Gasteiger partial charge in [-0.3, -0.25) is 9.58 Å². The summed E-state index contributed by atoms with van der Waals surface area (Å²) in [5, 5.41) is 7.73. The molecule has 2 aliphatic heterocycles. The Morgan fingerprint density at radius 3 is 3.19 bits per heavy atom. The van der Waals surface area contributed by atoms with Crippen molar-refractivity contribution in [3.8, 4) is 0 Å². The largest absolute Gasteiger partial charge is 0.462 e. The van der Waals surface area contributed by atoms with Crippen LogP contribution in [0.5, 0.6) is 0 Å². The number of rotatable bonds is 4. The van der Waals surface area contributed by atoms with Crippen LogP contribution in [0.1, 0.15) is 35.8 Å². The monoisotopic (exact) mass is 292 g/mol. The van der Waals surface area contributed by atoms with Crippen LogP contribution in [0.2, 0.25) is 0 Å². The van der Waals surface area contributed by atoms with E-state index in [1.54, 1.807) is 10.9 Å². The predicted molar refractivity (Wildman–Crippen MR) is 79.0 cm³/mol. The van der Waals surface area contributed by atoms with Gasteiger partial charge in [-0.15, -0.1) is 0 Å². The second kappa shape index (κ2) is 6.15. The SMILES string of the molecule is CCOC(=O)c1cnn(C)c1CN1CCCC2CNCC21. The second-order valence-corrected chi connectivity index (χ2v) is 5.95. The molecule has 2 saturated heterocycles. The Kier molecular flexibility index (Phi) is 4.26. The maximum Gasteiger partial charge on any atom is 0.341 e. The molecule has 0 amide bonds. The fraction of sp³-hybridized carbons (Fsp3) is 0.733. The van der Waals surface area contributed by atoms with E-state index in [-0.39, 0.29) is 5.97 Å². The number of carbonyl (C=O) groups is 1. The highest BCUT2D eigenvalue weighted by Crippen LogP contribution is 2.28. The van der Waals surface area contributed by atoms with Crippen LogP contribution >= 0.6 is 0 Å². The summed E-state index contributed by atoms with van der Waals surface area (Å²) >= 11 is 0. The number of esters is 1. The fourth-order valence-electron chi connectivity index (χ4n) is 3.58. The van der Waals surface area contributed by atoms with Crippen LogP contribution < -0.4 is 5.32 Å². The normalized spacial score (nSPS) is 25.8. The Morgan fingerprint density at radius 2 is 2.38 bits per heavy atom. The van der Waals surface area contributed by atoms with E-state index >= 15 is 0 Å². The van der Waals surface area contributed by atoms with Crippen molar-refractivity contribution in [2.75, 3.05) is 26.2 Å². The quantitative estimate of drug-likeness (QED) is 0.831. The molecule has 6 heteroatoms. The molecular weight excluding hydrogens is 268 g/mol. The molecule has 116 valence electrons. The summed E-state index contributed by atoms with van der Waals surface area (Å²) < 4.78 is 6.94. The molecule has 1 N–H and O–H groups in total. The molecule has 0 aromatic carbocycles. The molecule has 2 atom stereocenters. The van der Waals surface area contributed by atoms with Crippen LogP contribution in [-0.2, 0) is 18.3 Å². The highest BCUT2D eigenvalue weighted by Gasteiger charge is 2.35. The van der Waals surface area contributed by atoms with E-state index in [9.17, 15) is 4.79 Å². The Bertz CT molecular complexity index is 514. The number of aryl methyl sites for hydroxylation is 1. The van der Waals surface area contributed by atoms with E-state index in [0.29, 0.717) is 18.2 Å². The van der Waals surface area contributed by atoms with Gasteiger partial charge in [0.1, 0.15) is 5.56 Å². The Morgan fingerprint density at radius 1 is 1.52 bits per heavy atom. The van der Waals surface area contributed by atoms with Crippen molar-refractivity contribution in [2.24, 2.45) is 13.0 Å². The Balaban J connectivity index is 1.77. The molecule has 6 nitrogen and oxygen atoms in total. The minimum absolute atomic E-state index is 0.265. The van der Waals surface area contributed by atoms with E-state index in [1.807, 2.05) is 14.0 Å². The summed E-state index contributed by atoms with van der Waals surface area (Å²) in [6, 6.07) is 0.587. The van der Waals surface area contributed by atoms with Gasteiger partial charge in [-0.05, 0) is 38.8 Å². The fourth-order valence-corrected chi connectivity index (χ4v) is 3.58. The van der Waals surface area contributed by atoms with Crippen molar-refractivity contribution in [2.45, 2.75) is 32.4 Å². The standard InChI is InChI=1S/C15H24N4O2/c1-3-21-15(20)12-8-17-18(2)14(12)10-19-6-4-5-11-7-16-9-13(11)19/h8,11,13,16H,3-7,9-10H2,1-2H3. The summed E-state index contributed by atoms with van der Waals surface area (Å²) in [6.45, 7) is 6.26. The first-order valence-corrected chi connectivity index (χ1v) is 7.83. The van der Waals surface area contributed by atoms with Gasteiger partial charge in [0.2, 0.25) is 0 Å². The van der Waals surface area contributed by atoms with E-state index in [0.717, 1.165) is 37.8 Å². The summed E-state index contributed by atoms with van der Waals surface area (Å²) in [7, 11) is 1.90. The zero-order valence-corrected chi connectivity index (χ0v) is 12.8. The van der Waals surface area contributed by atoms with Gasteiger partial charge in [0, 0.05) is 26.2 Å². The molecular formula is C15H24N4O2. The number of hydrogen-bond acceptors (Lipinski definition) is 5. The third-order valence-electron chi connectivity index (χ3n) is 4.70. The van der Waals surface area contributed by atoms with Gasteiger partial charge in [0.05, 0.1) is 18.5 Å². The van der Waals surface area contributed by atoms with Crippen LogP contribution in [-0.4, -0.2) is 52.9 Å².